The number of aromatic nitrogens is 2. The molecule has 3 aromatic rings. The van der Waals surface area contributed by atoms with Crippen LogP contribution in [-0.4, -0.2) is 28.0 Å². The number of aryl methyl sites for hydroxylation is 2. The van der Waals surface area contributed by atoms with Crippen molar-refractivity contribution in [2.45, 2.75) is 20.4 Å². The molecule has 1 aliphatic heterocycles. The van der Waals surface area contributed by atoms with Crippen LogP contribution < -0.4 is 20.9 Å². The van der Waals surface area contributed by atoms with E-state index in [-0.39, 0.29) is 24.0 Å². The van der Waals surface area contributed by atoms with Crippen LogP contribution in [-0.2, 0) is 11.3 Å². The van der Waals surface area contributed by atoms with Gasteiger partial charge in [0.15, 0.2) is 6.61 Å². The maximum absolute atomic E-state index is 12.7. The Balaban J connectivity index is 1.64. The third-order valence-corrected chi connectivity index (χ3v) is 4.56. The van der Waals surface area contributed by atoms with Crippen LogP contribution in [0, 0.1) is 6.92 Å². The topological polar surface area (TPSA) is 102 Å². The summed E-state index contributed by atoms with van der Waals surface area (Å²) >= 11 is 0. The van der Waals surface area contributed by atoms with Gasteiger partial charge in [0, 0.05) is 17.8 Å². The Morgan fingerprint density at radius 2 is 2.07 bits per heavy atom. The molecular weight excluding hydrogens is 360 g/mol. The second-order valence-corrected chi connectivity index (χ2v) is 6.45. The van der Waals surface area contributed by atoms with Crippen molar-refractivity contribution in [1.29, 1.82) is 0 Å². The molecular formula is C20H18N4O4. The van der Waals surface area contributed by atoms with E-state index in [9.17, 15) is 14.4 Å². The van der Waals surface area contributed by atoms with E-state index in [2.05, 4.69) is 15.6 Å². The van der Waals surface area contributed by atoms with Crippen molar-refractivity contribution in [2.75, 3.05) is 17.2 Å². The summed E-state index contributed by atoms with van der Waals surface area (Å²) in [7, 11) is 0. The number of carbonyl (C=O) groups excluding carboxylic acids is 2. The number of hydrogen-bond donors (Lipinski definition) is 2. The minimum Gasteiger partial charge on any atom is -0.482 e. The number of amides is 2. The molecule has 0 aliphatic carbocycles. The molecule has 2 amide bonds. The molecule has 0 unspecified atom stereocenters. The Labute approximate surface area is 160 Å². The SMILES string of the molecule is CCn1c(=O)c(C)nc2cc(C(=O)Nc3ccc4c(c3)NC(=O)CO4)ccc21. The van der Waals surface area contributed by atoms with Gasteiger partial charge in [-0.3, -0.25) is 14.4 Å². The number of nitrogens with one attached hydrogen (secondary N) is 2. The van der Waals surface area contributed by atoms with Crippen molar-refractivity contribution >= 4 is 34.2 Å². The number of rotatable bonds is 3. The lowest BCUT2D eigenvalue weighted by Crippen LogP contribution is -2.25. The van der Waals surface area contributed by atoms with Crippen LogP contribution in [0.2, 0.25) is 0 Å². The minimum absolute atomic E-state index is 0.0228. The number of ether oxygens (including phenoxy) is 1. The summed E-state index contributed by atoms with van der Waals surface area (Å²) in [5, 5.41) is 5.50. The summed E-state index contributed by atoms with van der Waals surface area (Å²) < 4.78 is 6.94. The Kier molecular flexibility index (Phi) is 4.31. The molecule has 0 bridgehead atoms. The minimum atomic E-state index is -0.321. The van der Waals surface area contributed by atoms with Gasteiger partial charge in [-0.15, -0.1) is 0 Å². The first-order chi connectivity index (χ1) is 13.5. The van der Waals surface area contributed by atoms with E-state index >= 15 is 0 Å². The molecule has 0 radical (unpaired) electrons. The molecule has 0 saturated carbocycles. The molecule has 4 rings (SSSR count). The molecule has 28 heavy (non-hydrogen) atoms. The number of hydrogen-bond acceptors (Lipinski definition) is 5. The molecule has 2 N–H and O–H groups in total. The molecule has 0 spiro atoms. The van der Waals surface area contributed by atoms with Gasteiger partial charge in [-0.1, -0.05) is 0 Å². The van der Waals surface area contributed by atoms with Crippen LogP contribution in [0.1, 0.15) is 23.0 Å². The first-order valence-corrected chi connectivity index (χ1v) is 8.85. The standard InChI is InChI=1S/C20H18N4O4/c1-3-24-16-6-4-12(8-14(16)21-11(2)20(24)27)19(26)22-13-5-7-17-15(9-13)23-18(25)10-28-17/h4-9H,3,10H2,1-2H3,(H,22,26)(H,23,25). The number of nitrogens with zero attached hydrogens (tertiary/aromatic N) is 2. The highest BCUT2D eigenvalue weighted by molar-refractivity contribution is 6.06. The molecule has 1 aromatic heterocycles. The van der Waals surface area contributed by atoms with Crippen molar-refractivity contribution in [3.63, 3.8) is 0 Å². The van der Waals surface area contributed by atoms with Gasteiger partial charge in [0.1, 0.15) is 11.4 Å². The summed E-state index contributed by atoms with van der Waals surface area (Å²) in [6, 6.07) is 10.1. The summed E-state index contributed by atoms with van der Waals surface area (Å²) in [5.74, 6) is -0.00644. The average Bonchev–Trinajstić information content (AvgIpc) is 2.68. The monoisotopic (exact) mass is 378 g/mol. The fourth-order valence-electron chi connectivity index (χ4n) is 3.19. The first-order valence-electron chi connectivity index (χ1n) is 8.85. The Hall–Kier alpha value is -3.68. The molecule has 8 heteroatoms. The average molecular weight is 378 g/mol. The highest BCUT2D eigenvalue weighted by Crippen LogP contribution is 2.30. The van der Waals surface area contributed by atoms with Crippen molar-refractivity contribution in [3.8, 4) is 5.75 Å². The van der Waals surface area contributed by atoms with Gasteiger partial charge >= 0.3 is 0 Å². The zero-order chi connectivity index (χ0) is 19.8. The molecule has 2 heterocycles. The molecule has 0 fully saturated rings. The first kappa shape index (κ1) is 17.7. The van der Waals surface area contributed by atoms with E-state index in [1.807, 2.05) is 6.92 Å². The van der Waals surface area contributed by atoms with Gasteiger partial charge in [-0.2, -0.15) is 0 Å². The number of fused-ring (bicyclic) bond motifs is 2. The van der Waals surface area contributed by atoms with Gasteiger partial charge in [-0.25, -0.2) is 4.98 Å². The Morgan fingerprint density at radius 1 is 1.25 bits per heavy atom. The van der Waals surface area contributed by atoms with Crippen LogP contribution in [0.15, 0.2) is 41.2 Å². The third-order valence-electron chi connectivity index (χ3n) is 4.56. The zero-order valence-corrected chi connectivity index (χ0v) is 15.4. The number of carbonyl (C=O) groups is 2. The molecule has 2 aromatic carbocycles. The quantitative estimate of drug-likeness (QED) is 0.728. The van der Waals surface area contributed by atoms with E-state index in [0.717, 1.165) is 0 Å². The van der Waals surface area contributed by atoms with Crippen LogP contribution in [0.3, 0.4) is 0 Å². The molecule has 1 aliphatic rings. The van der Waals surface area contributed by atoms with E-state index in [1.165, 1.54) is 0 Å². The van der Waals surface area contributed by atoms with Crippen LogP contribution >= 0.6 is 0 Å². The van der Waals surface area contributed by atoms with E-state index in [4.69, 9.17) is 4.74 Å². The second-order valence-electron chi connectivity index (χ2n) is 6.45. The molecule has 8 nitrogen and oxygen atoms in total. The Morgan fingerprint density at radius 3 is 2.86 bits per heavy atom. The highest BCUT2D eigenvalue weighted by atomic mass is 16.5. The third kappa shape index (κ3) is 3.09. The van der Waals surface area contributed by atoms with Crippen LogP contribution in [0.5, 0.6) is 5.75 Å². The molecule has 142 valence electrons. The normalized spacial score (nSPS) is 12.9. The fourth-order valence-corrected chi connectivity index (χ4v) is 3.19. The Bertz CT molecular complexity index is 1180. The van der Waals surface area contributed by atoms with Gasteiger partial charge < -0.3 is 19.9 Å². The van der Waals surface area contributed by atoms with Crippen LogP contribution in [0.4, 0.5) is 11.4 Å². The number of benzene rings is 2. The van der Waals surface area contributed by atoms with Gasteiger partial charge in [0.2, 0.25) is 0 Å². The predicted octanol–water partition coefficient (Wildman–Crippen LogP) is 2.31. The van der Waals surface area contributed by atoms with Crippen molar-refractivity contribution < 1.29 is 14.3 Å². The maximum atomic E-state index is 12.7. The summed E-state index contributed by atoms with van der Waals surface area (Å²) in [6.45, 7) is 4.04. The maximum Gasteiger partial charge on any atom is 0.272 e. The molecule has 0 saturated heterocycles. The largest absolute Gasteiger partial charge is 0.482 e. The van der Waals surface area contributed by atoms with E-state index < -0.39 is 0 Å². The smallest absolute Gasteiger partial charge is 0.272 e. The second kappa shape index (κ2) is 6.80. The van der Waals surface area contributed by atoms with Gasteiger partial charge in [-0.05, 0) is 50.2 Å². The van der Waals surface area contributed by atoms with Crippen molar-refractivity contribution in [2.24, 2.45) is 0 Å². The molecule has 0 atom stereocenters. The summed E-state index contributed by atoms with van der Waals surface area (Å²) in [5.41, 5.74) is 2.97. The lowest BCUT2D eigenvalue weighted by molar-refractivity contribution is -0.118. The lowest BCUT2D eigenvalue weighted by Gasteiger charge is -2.18. The van der Waals surface area contributed by atoms with Crippen molar-refractivity contribution in [3.05, 3.63) is 58.0 Å². The fraction of sp³-hybridized carbons (Fsp3) is 0.200. The van der Waals surface area contributed by atoms with Crippen LogP contribution in [0.25, 0.3) is 11.0 Å². The van der Waals surface area contributed by atoms with Crippen molar-refractivity contribution in [1.82, 2.24) is 9.55 Å². The van der Waals surface area contributed by atoms with E-state index in [1.54, 1.807) is 47.9 Å². The van der Waals surface area contributed by atoms with E-state index in [0.29, 0.717) is 46.0 Å². The number of anilines is 2. The van der Waals surface area contributed by atoms with Gasteiger partial charge in [0.25, 0.3) is 17.4 Å². The lowest BCUT2D eigenvalue weighted by atomic mass is 10.1. The summed E-state index contributed by atoms with van der Waals surface area (Å²) in [4.78, 5) is 40.6. The zero-order valence-electron chi connectivity index (χ0n) is 15.4. The highest BCUT2D eigenvalue weighted by Gasteiger charge is 2.17. The van der Waals surface area contributed by atoms with Gasteiger partial charge in [0.05, 0.1) is 16.7 Å². The summed E-state index contributed by atoms with van der Waals surface area (Å²) in [6.07, 6.45) is 0. The predicted molar refractivity (Wildman–Crippen MR) is 105 cm³/mol.